The van der Waals surface area contributed by atoms with Gasteiger partial charge in [-0.05, 0) is 47.6 Å². The van der Waals surface area contributed by atoms with Crippen LogP contribution >= 0.6 is 0 Å². The number of benzene rings is 1. The Kier molecular flexibility index (Phi) is 4.73. The van der Waals surface area contributed by atoms with Crippen LogP contribution in [0.1, 0.15) is 41.5 Å². The zero-order valence-corrected chi connectivity index (χ0v) is 14.2. The highest BCUT2D eigenvalue weighted by molar-refractivity contribution is 6.63. The Morgan fingerprint density at radius 3 is 2.05 bits per heavy atom. The van der Waals surface area contributed by atoms with Crippen LogP contribution in [0, 0.1) is 5.82 Å². The Balaban J connectivity index is 2.46. The maximum Gasteiger partial charge on any atom is 0.498 e. The van der Waals surface area contributed by atoms with Crippen molar-refractivity contribution in [3.8, 4) is 11.5 Å². The highest BCUT2D eigenvalue weighted by Gasteiger charge is 2.52. The third-order valence-corrected chi connectivity index (χ3v) is 4.14. The first kappa shape index (κ1) is 17.1. The minimum Gasteiger partial charge on any atom is -0.490 e. The molecule has 1 aliphatic rings. The number of halogens is 1. The van der Waals surface area contributed by atoms with Gasteiger partial charge in [-0.3, -0.25) is 0 Å². The first-order valence-corrected chi connectivity index (χ1v) is 7.66. The van der Waals surface area contributed by atoms with Gasteiger partial charge in [-0.1, -0.05) is 0 Å². The molecule has 0 aliphatic carbocycles. The molecule has 6 heteroatoms. The van der Waals surface area contributed by atoms with Crippen molar-refractivity contribution in [3.05, 3.63) is 17.9 Å². The molecule has 22 heavy (non-hydrogen) atoms. The van der Waals surface area contributed by atoms with Crippen molar-refractivity contribution in [1.29, 1.82) is 0 Å². The lowest BCUT2D eigenvalue weighted by Crippen LogP contribution is -2.41. The van der Waals surface area contributed by atoms with Gasteiger partial charge >= 0.3 is 7.12 Å². The van der Waals surface area contributed by atoms with Crippen LogP contribution in [0.4, 0.5) is 4.39 Å². The van der Waals surface area contributed by atoms with Crippen molar-refractivity contribution in [1.82, 2.24) is 0 Å². The Labute approximate surface area is 132 Å². The monoisotopic (exact) mass is 310 g/mol. The fraction of sp³-hybridized carbons (Fsp3) is 0.625. The lowest BCUT2D eigenvalue weighted by atomic mass is 9.78. The van der Waals surface area contributed by atoms with Crippen LogP contribution in [0.15, 0.2) is 12.1 Å². The third kappa shape index (κ3) is 3.08. The summed E-state index contributed by atoms with van der Waals surface area (Å²) in [6, 6.07) is 2.71. The molecule has 1 fully saturated rings. The van der Waals surface area contributed by atoms with E-state index in [2.05, 4.69) is 0 Å². The zero-order chi connectivity index (χ0) is 16.5. The van der Waals surface area contributed by atoms with Crippen molar-refractivity contribution in [3.63, 3.8) is 0 Å². The van der Waals surface area contributed by atoms with E-state index in [-0.39, 0.29) is 0 Å². The summed E-state index contributed by atoms with van der Waals surface area (Å²) in [4.78, 5) is 0. The van der Waals surface area contributed by atoms with Gasteiger partial charge in [0, 0.05) is 11.5 Å². The quantitative estimate of drug-likeness (QED) is 0.784. The smallest absolute Gasteiger partial charge is 0.490 e. The standard InChI is InChI=1S/C16H24BFO4/c1-7-19-13-10-11(18)9-12(14(13)20-8-2)17-21-15(3,4)16(5,6)22-17/h9-10H,7-8H2,1-6H3. The molecule has 0 saturated carbocycles. The van der Waals surface area contributed by atoms with E-state index in [0.29, 0.717) is 30.2 Å². The van der Waals surface area contributed by atoms with E-state index in [1.807, 2.05) is 41.5 Å². The summed E-state index contributed by atoms with van der Waals surface area (Å²) in [6.07, 6.45) is 0. The first-order valence-electron chi connectivity index (χ1n) is 7.66. The van der Waals surface area contributed by atoms with Crippen LogP contribution in [0.5, 0.6) is 11.5 Å². The van der Waals surface area contributed by atoms with Gasteiger partial charge in [-0.25, -0.2) is 4.39 Å². The van der Waals surface area contributed by atoms with Crippen LogP contribution in [0.2, 0.25) is 0 Å². The van der Waals surface area contributed by atoms with Gasteiger partial charge in [0.2, 0.25) is 0 Å². The van der Waals surface area contributed by atoms with E-state index in [4.69, 9.17) is 18.8 Å². The lowest BCUT2D eigenvalue weighted by molar-refractivity contribution is 0.00578. The Hall–Kier alpha value is -1.27. The van der Waals surface area contributed by atoms with Crippen molar-refractivity contribution in [2.75, 3.05) is 13.2 Å². The summed E-state index contributed by atoms with van der Waals surface area (Å²) >= 11 is 0. The fourth-order valence-corrected chi connectivity index (χ4v) is 2.30. The maximum atomic E-state index is 14.0. The molecule has 0 atom stereocenters. The highest BCUT2D eigenvalue weighted by atomic mass is 19.1. The van der Waals surface area contributed by atoms with Crippen molar-refractivity contribution >= 4 is 12.6 Å². The molecule has 1 heterocycles. The summed E-state index contributed by atoms with van der Waals surface area (Å²) < 4.78 is 37.1. The molecule has 0 N–H and O–H groups in total. The average molecular weight is 310 g/mol. The van der Waals surface area contributed by atoms with Crippen molar-refractivity contribution < 1.29 is 23.2 Å². The predicted molar refractivity (Wildman–Crippen MR) is 84.5 cm³/mol. The molecule has 0 radical (unpaired) electrons. The van der Waals surface area contributed by atoms with Crippen LogP contribution in [0.25, 0.3) is 0 Å². The van der Waals surface area contributed by atoms with Gasteiger partial charge in [0.15, 0.2) is 11.5 Å². The van der Waals surface area contributed by atoms with Crippen LogP contribution in [0.3, 0.4) is 0 Å². The molecule has 4 nitrogen and oxygen atoms in total. The molecule has 0 spiro atoms. The summed E-state index contributed by atoms with van der Waals surface area (Å²) in [7, 11) is -0.693. The Bertz CT molecular complexity index is 529. The van der Waals surface area contributed by atoms with Gasteiger partial charge in [-0.2, -0.15) is 0 Å². The average Bonchev–Trinajstić information content (AvgIpc) is 2.61. The molecule has 0 bridgehead atoms. The number of rotatable bonds is 5. The molecule has 1 aromatic rings. The third-order valence-electron chi connectivity index (χ3n) is 4.14. The van der Waals surface area contributed by atoms with Crippen molar-refractivity contribution in [2.45, 2.75) is 52.7 Å². The summed E-state index contributed by atoms with van der Waals surface area (Å²) in [5, 5.41) is 0. The van der Waals surface area contributed by atoms with Gasteiger partial charge in [0.25, 0.3) is 0 Å². The molecule has 1 saturated heterocycles. The second-order valence-corrected chi connectivity index (χ2v) is 6.28. The molecule has 1 aliphatic heterocycles. The van der Waals surface area contributed by atoms with Crippen LogP contribution in [-0.4, -0.2) is 31.5 Å². The van der Waals surface area contributed by atoms with Crippen LogP contribution < -0.4 is 14.9 Å². The molecule has 1 aromatic carbocycles. The van der Waals surface area contributed by atoms with E-state index < -0.39 is 24.1 Å². The van der Waals surface area contributed by atoms with E-state index in [1.54, 1.807) is 0 Å². The number of ether oxygens (including phenoxy) is 2. The second-order valence-electron chi connectivity index (χ2n) is 6.28. The summed E-state index contributed by atoms with van der Waals surface area (Å²) in [5.41, 5.74) is -0.484. The largest absolute Gasteiger partial charge is 0.498 e. The maximum absolute atomic E-state index is 14.0. The minimum absolute atomic E-state index is 0.370. The first-order chi connectivity index (χ1) is 10.2. The number of hydrogen-bond donors (Lipinski definition) is 0. The van der Waals surface area contributed by atoms with Crippen LogP contribution in [-0.2, 0) is 9.31 Å². The van der Waals surface area contributed by atoms with E-state index in [9.17, 15) is 4.39 Å². The molecule has 0 aromatic heterocycles. The molecule has 2 rings (SSSR count). The molecular weight excluding hydrogens is 286 g/mol. The SMILES string of the molecule is CCOc1cc(F)cc(B2OC(C)(C)C(C)(C)O2)c1OCC. The highest BCUT2D eigenvalue weighted by Crippen LogP contribution is 2.38. The van der Waals surface area contributed by atoms with Gasteiger partial charge in [-0.15, -0.1) is 0 Å². The Morgan fingerprint density at radius 2 is 1.55 bits per heavy atom. The fourth-order valence-electron chi connectivity index (χ4n) is 2.30. The molecule has 0 unspecified atom stereocenters. The summed E-state index contributed by atoms with van der Waals surface area (Å²) in [5.74, 6) is 0.440. The molecular formula is C16H24BFO4. The lowest BCUT2D eigenvalue weighted by Gasteiger charge is -2.32. The second kappa shape index (κ2) is 6.09. The van der Waals surface area contributed by atoms with Gasteiger partial charge in [0.05, 0.1) is 24.4 Å². The normalized spacial score (nSPS) is 19.3. The van der Waals surface area contributed by atoms with Crippen molar-refractivity contribution in [2.24, 2.45) is 0 Å². The van der Waals surface area contributed by atoms with E-state index in [0.717, 1.165) is 0 Å². The summed E-state index contributed by atoms with van der Waals surface area (Å²) in [6.45, 7) is 12.4. The molecule has 122 valence electrons. The predicted octanol–water partition coefficient (Wildman–Crippen LogP) is 2.92. The van der Waals surface area contributed by atoms with Gasteiger partial charge < -0.3 is 18.8 Å². The minimum atomic E-state index is -0.693. The molecule has 0 amide bonds. The topological polar surface area (TPSA) is 36.9 Å². The van der Waals surface area contributed by atoms with Gasteiger partial charge in [0.1, 0.15) is 5.82 Å². The zero-order valence-electron chi connectivity index (χ0n) is 14.2. The van der Waals surface area contributed by atoms with E-state index in [1.165, 1.54) is 12.1 Å². The number of hydrogen-bond acceptors (Lipinski definition) is 4. The Morgan fingerprint density at radius 1 is 1.00 bits per heavy atom. The van der Waals surface area contributed by atoms with E-state index >= 15 is 0 Å².